The number of carbonyl (C=O) groups is 1. The number of carbonyl (C=O) groups excluding carboxylic acids is 1. The van der Waals surface area contributed by atoms with Gasteiger partial charge in [0.25, 0.3) is 0 Å². The number of hydrogen-bond acceptors (Lipinski definition) is 4. The summed E-state index contributed by atoms with van der Waals surface area (Å²) < 4.78 is 10.2. The van der Waals surface area contributed by atoms with Crippen LogP contribution in [-0.4, -0.2) is 20.2 Å². The van der Waals surface area contributed by atoms with Crippen LogP contribution < -0.4 is 4.74 Å². The fraction of sp³-hybridized carbons (Fsp3) is 0.200. The number of methoxy groups -OCH3 is 2. The van der Waals surface area contributed by atoms with E-state index in [0.29, 0.717) is 10.2 Å². The molecule has 1 aromatic rings. The van der Waals surface area contributed by atoms with Crippen molar-refractivity contribution in [2.45, 2.75) is 0 Å². The van der Waals surface area contributed by atoms with Crippen LogP contribution in [0.4, 0.5) is 0 Å². The van der Waals surface area contributed by atoms with E-state index in [1.807, 2.05) is 6.07 Å². The molecule has 0 fully saturated rings. The Labute approximate surface area is 95.5 Å². The van der Waals surface area contributed by atoms with Crippen molar-refractivity contribution in [1.29, 1.82) is 5.26 Å². The lowest BCUT2D eigenvalue weighted by Crippen LogP contribution is -2.05. The molecule has 0 saturated heterocycles. The van der Waals surface area contributed by atoms with Gasteiger partial charge in [0.2, 0.25) is 0 Å². The zero-order valence-corrected chi connectivity index (χ0v) is 9.79. The van der Waals surface area contributed by atoms with E-state index in [0.717, 1.165) is 0 Å². The highest BCUT2D eigenvalue weighted by Gasteiger charge is 2.18. The van der Waals surface area contributed by atoms with E-state index in [-0.39, 0.29) is 11.1 Å². The molecule has 0 aromatic heterocycles. The first-order chi connectivity index (χ1) is 7.15. The summed E-state index contributed by atoms with van der Waals surface area (Å²) in [6, 6.07) is 5.06. The maximum absolute atomic E-state index is 11.3. The number of ether oxygens (including phenoxy) is 2. The van der Waals surface area contributed by atoms with Gasteiger partial charge in [-0.1, -0.05) is 0 Å². The topological polar surface area (TPSA) is 59.3 Å². The summed E-state index contributed by atoms with van der Waals surface area (Å²) in [6.07, 6.45) is 0. The fourth-order valence-corrected chi connectivity index (χ4v) is 1.64. The van der Waals surface area contributed by atoms with Gasteiger partial charge in [0.1, 0.15) is 11.6 Å². The number of benzene rings is 1. The van der Waals surface area contributed by atoms with E-state index >= 15 is 0 Å². The summed E-state index contributed by atoms with van der Waals surface area (Å²) in [7, 11) is 2.69. The second-order valence-corrected chi connectivity index (χ2v) is 3.46. The molecule has 0 amide bonds. The summed E-state index contributed by atoms with van der Waals surface area (Å²) >= 11 is 3.23. The summed E-state index contributed by atoms with van der Waals surface area (Å²) in [5.41, 5.74) is 0.360. The zero-order valence-electron chi connectivity index (χ0n) is 8.20. The molecule has 1 rings (SSSR count). The van der Waals surface area contributed by atoms with E-state index in [2.05, 4.69) is 20.7 Å². The number of hydrogen-bond donors (Lipinski definition) is 0. The van der Waals surface area contributed by atoms with E-state index < -0.39 is 5.97 Å². The zero-order chi connectivity index (χ0) is 11.4. The van der Waals surface area contributed by atoms with Crippen molar-refractivity contribution in [2.24, 2.45) is 0 Å². The molecule has 0 atom stereocenters. The molecule has 0 aliphatic heterocycles. The van der Waals surface area contributed by atoms with Gasteiger partial charge >= 0.3 is 5.97 Å². The number of halogens is 1. The number of esters is 1. The predicted octanol–water partition coefficient (Wildman–Crippen LogP) is 2.12. The SMILES string of the molecule is COC(=O)c1ccc(Br)c(OC)c1C#N. The third-order valence-electron chi connectivity index (χ3n) is 1.83. The Balaban J connectivity index is 3.43. The fourth-order valence-electron chi connectivity index (χ4n) is 1.15. The first-order valence-electron chi connectivity index (χ1n) is 4.00. The van der Waals surface area contributed by atoms with Crippen molar-refractivity contribution >= 4 is 21.9 Å². The molecular weight excluding hydrogens is 262 g/mol. The second kappa shape index (κ2) is 4.80. The van der Waals surface area contributed by atoms with Crippen LogP contribution in [0.3, 0.4) is 0 Å². The second-order valence-electron chi connectivity index (χ2n) is 2.61. The average Bonchev–Trinajstić information content (AvgIpc) is 2.27. The van der Waals surface area contributed by atoms with Crippen LogP contribution in [0, 0.1) is 11.3 Å². The monoisotopic (exact) mass is 269 g/mol. The van der Waals surface area contributed by atoms with Crippen molar-refractivity contribution in [3.05, 3.63) is 27.7 Å². The lowest BCUT2D eigenvalue weighted by atomic mass is 10.1. The largest absolute Gasteiger partial charge is 0.494 e. The Morgan fingerprint density at radius 3 is 2.60 bits per heavy atom. The Hall–Kier alpha value is -1.54. The van der Waals surface area contributed by atoms with Crippen molar-refractivity contribution < 1.29 is 14.3 Å². The summed E-state index contributed by atoms with van der Waals surface area (Å²) in [6.45, 7) is 0. The van der Waals surface area contributed by atoms with E-state index in [4.69, 9.17) is 10.00 Å². The predicted molar refractivity (Wildman–Crippen MR) is 56.7 cm³/mol. The highest BCUT2D eigenvalue weighted by molar-refractivity contribution is 9.10. The molecule has 1 aromatic carbocycles. The Kier molecular flexibility index (Phi) is 3.69. The summed E-state index contributed by atoms with van der Waals surface area (Å²) in [5.74, 6) is -0.224. The van der Waals surface area contributed by atoms with Crippen LogP contribution in [0.2, 0.25) is 0 Å². The quantitative estimate of drug-likeness (QED) is 0.772. The van der Waals surface area contributed by atoms with Gasteiger partial charge in [-0.2, -0.15) is 5.26 Å². The van der Waals surface area contributed by atoms with Gasteiger partial charge in [-0.3, -0.25) is 0 Å². The normalized spacial score (nSPS) is 9.20. The van der Waals surface area contributed by atoms with Crippen molar-refractivity contribution in [3.63, 3.8) is 0 Å². The maximum atomic E-state index is 11.3. The first kappa shape index (κ1) is 11.5. The van der Waals surface area contributed by atoms with Crippen LogP contribution >= 0.6 is 15.9 Å². The molecule has 0 bridgehead atoms. The Morgan fingerprint density at radius 2 is 2.13 bits per heavy atom. The third-order valence-corrected chi connectivity index (χ3v) is 2.46. The van der Waals surface area contributed by atoms with Gasteiger partial charge in [0, 0.05) is 0 Å². The molecule has 4 nitrogen and oxygen atoms in total. The smallest absolute Gasteiger partial charge is 0.339 e. The lowest BCUT2D eigenvalue weighted by Gasteiger charge is -2.08. The van der Waals surface area contributed by atoms with Gasteiger partial charge in [0.05, 0.1) is 24.3 Å². The molecule has 0 unspecified atom stereocenters. The number of nitriles is 1. The molecule has 15 heavy (non-hydrogen) atoms. The standard InChI is InChI=1S/C10H8BrNO3/c1-14-9-7(5-12)6(10(13)15-2)3-4-8(9)11/h3-4H,1-2H3. The van der Waals surface area contributed by atoms with E-state index in [1.54, 1.807) is 6.07 Å². The summed E-state index contributed by atoms with van der Waals surface area (Å²) in [5, 5.41) is 8.94. The molecule has 0 spiro atoms. The van der Waals surface area contributed by atoms with Gasteiger partial charge in [-0.05, 0) is 28.1 Å². The minimum atomic E-state index is -0.558. The first-order valence-corrected chi connectivity index (χ1v) is 4.80. The van der Waals surface area contributed by atoms with Crippen LogP contribution in [0.15, 0.2) is 16.6 Å². The molecule has 0 saturated carbocycles. The third kappa shape index (κ3) is 2.10. The van der Waals surface area contributed by atoms with E-state index in [9.17, 15) is 4.79 Å². The van der Waals surface area contributed by atoms with E-state index in [1.165, 1.54) is 20.3 Å². The van der Waals surface area contributed by atoms with Gasteiger partial charge < -0.3 is 9.47 Å². The molecule has 5 heteroatoms. The lowest BCUT2D eigenvalue weighted by molar-refractivity contribution is 0.0600. The highest BCUT2D eigenvalue weighted by Crippen LogP contribution is 2.31. The minimum Gasteiger partial charge on any atom is -0.494 e. The van der Waals surface area contributed by atoms with Crippen LogP contribution in [0.25, 0.3) is 0 Å². The molecule has 0 N–H and O–H groups in total. The van der Waals surface area contributed by atoms with Gasteiger partial charge in [-0.15, -0.1) is 0 Å². The summed E-state index contributed by atoms with van der Waals surface area (Å²) in [4.78, 5) is 11.3. The number of rotatable bonds is 2. The Bertz CT molecular complexity index is 437. The highest BCUT2D eigenvalue weighted by atomic mass is 79.9. The van der Waals surface area contributed by atoms with Gasteiger partial charge in [0.15, 0.2) is 5.75 Å². The van der Waals surface area contributed by atoms with Crippen LogP contribution in [0.5, 0.6) is 5.75 Å². The van der Waals surface area contributed by atoms with Gasteiger partial charge in [-0.25, -0.2) is 4.79 Å². The molecule has 0 radical (unpaired) electrons. The average molecular weight is 270 g/mol. The molecule has 78 valence electrons. The molecule has 0 heterocycles. The van der Waals surface area contributed by atoms with Crippen LogP contribution in [-0.2, 0) is 4.74 Å². The van der Waals surface area contributed by atoms with Crippen molar-refractivity contribution in [3.8, 4) is 11.8 Å². The minimum absolute atomic E-state index is 0.165. The maximum Gasteiger partial charge on any atom is 0.339 e. The molecular formula is C10H8BrNO3. The van der Waals surface area contributed by atoms with Crippen molar-refractivity contribution in [1.82, 2.24) is 0 Å². The molecule has 0 aliphatic rings. The van der Waals surface area contributed by atoms with Crippen molar-refractivity contribution in [2.75, 3.05) is 14.2 Å². The van der Waals surface area contributed by atoms with Crippen LogP contribution in [0.1, 0.15) is 15.9 Å². The molecule has 0 aliphatic carbocycles. The Morgan fingerprint density at radius 1 is 1.47 bits per heavy atom. The number of nitrogens with zero attached hydrogens (tertiary/aromatic N) is 1.